The average Bonchev–Trinajstić information content (AvgIpc) is 2.60. The first kappa shape index (κ1) is 12.8. The zero-order chi connectivity index (χ0) is 12.3. The molecular formula is C14H16BrNS. The van der Waals surface area contributed by atoms with E-state index >= 15 is 0 Å². The van der Waals surface area contributed by atoms with Gasteiger partial charge in [-0.25, -0.2) is 0 Å². The number of hydrogen-bond acceptors (Lipinski definition) is 2. The average molecular weight is 310 g/mol. The first-order valence-corrected chi connectivity index (χ1v) is 7.27. The van der Waals surface area contributed by atoms with Crippen LogP contribution in [-0.4, -0.2) is 0 Å². The predicted molar refractivity (Wildman–Crippen MR) is 78.5 cm³/mol. The van der Waals surface area contributed by atoms with Crippen LogP contribution >= 0.6 is 27.3 Å². The van der Waals surface area contributed by atoms with Crippen LogP contribution in [0.3, 0.4) is 0 Å². The minimum atomic E-state index is 0.918. The second-order valence-electron chi connectivity index (χ2n) is 4.17. The van der Waals surface area contributed by atoms with Crippen molar-refractivity contribution in [2.24, 2.45) is 0 Å². The van der Waals surface area contributed by atoms with Crippen LogP contribution in [0.5, 0.6) is 0 Å². The maximum absolute atomic E-state index is 3.48. The summed E-state index contributed by atoms with van der Waals surface area (Å²) >= 11 is 5.31. The highest BCUT2D eigenvalue weighted by molar-refractivity contribution is 9.10. The second kappa shape index (κ2) is 5.80. The minimum absolute atomic E-state index is 0.918. The lowest BCUT2D eigenvalue weighted by molar-refractivity contribution is 0.692. The van der Waals surface area contributed by atoms with E-state index in [4.69, 9.17) is 0 Å². The molecule has 0 spiro atoms. The third-order valence-electron chi connectivity index (χ3n) is 2.70. The Hall–Kier alpha value is -0.640. The van der Waals surface area contributed by atoms with Gasteiger partial charge in [0, 0.05) is 27.3 Å². The minimum Gasteiger partial charge on any atom is -0.309 e. The van der Waals surface area contributed by atoms with Gasteiger partial charge in [0.1, 0.15) is 0 Å². The highest BCUT2D eigenvalue weighted by Crippen LogP contribution is 2.20. The number of thiophene rings is 1. The molecule has 0 atom stereocenters. The molecule has 0 aliphatic heterocycles. The van der Waals surface area contributed by atoms with E-state index in [1.165, 1.54) is 20.9 Å². The van der Waals surface area contributed by atoms with Gasteiger partial charge < -0.3 is 5.32 Å². The van der Waals surface area contributed by atoms with Gasteiger partial charge in [-0.15, -0.1) is 11.3 Å². The molecule has 0 fully saturated rings. The monoisotopic (exact) mass is 309 g/mol. The van der Waals surface area contributed by atoms with Crippen LogP contribution < -0.4 is 5.32 Å². The Labute approximate surface area is 115 Å². The normalized spacial score (nSPS) is 10.8. The van der Waals surface area contributed by atoms with E-state index in [0.29, 0.717) is 0 Å². The number of aryl methyl sites for hydroxylation is 2. The summed E-state index contributed by atoms with van der Waals surface area (Å²) in [6.07, 6.45) is 0. The fraction of sp³-hybridized carbons (Fsp3) is 0.286. The van der Waals surface area contributed by atoms with Crippen LogP contribution in [0.1, 0.15) is 20.9 Å². The highest BCUT2D eigenvalue weighted by atomic mass is 79.9. The summed E-state index contributed by atoms with van der Waals surface area (Å²) in [6.45, 7) is 6.22. The number of halogens is 1. The standard InChI is InChI=1S/C14H16BrNS/c1-10-7-13(11(2)17-10)9-16-8-12-3-5-14(15)6-4-12/h3-7,16H,8-9H2,1-2H3. The summed E-state index contributed by atoms with van der Waals surface area (Å²) in [7, 11) is 0. The summed E-state index contributed by atoms with van der Waals surface area (Å²) in [5, 5.41) is 3.48. The maximum Gasteiger partial charge on any atom is 0.0219 e. The zero-order valence-corrected chi connectivity index (χ0v) is 12.5. The van der Waals surface area contributed by atoms with E-state index in [0.717, 1.165) is 17.6 Å². The Morgan fingerprint density at radius 2 is 1.82 bits per heavy atom. The van der Waals surface area contributed by atoms with E-state index in [2.05, 4.69) is 65.4 Å². The molecule has 0 bridgehead atoms. The molecule has 3 heteroatoms. The van der Waals surface area contributed by atoms with Crippen LogP contribution in [0.25, 0.3) is 0 Å². The number of nitrogens with one attached hydrogen (secondary N) is 1. The lowest BCUT2D eigenvalue weighted by Crippen LogP contribution is -2.12. The first-order valence-electron chi connectivity index (χ1n) is 5.66. The van der Waals surface area contributed by atoms with Gasteiger partial charge in [0.2, 0.25) is 0 Å². The molecule has 2 aromatic rings. The van der Waals surface area contributed by atoms with Gasteiger partial charge in [-0.2, -0.15) is 0 Å². The van der Waals surface area contributed by atoms with Crippen molar-refractivity contribution in [3.63, 3.8) is 0 Å². The molecule has 90 valence electrons. The summed E-state index contributed by atoms with van der Waals surface area (Å²) in [6, 6.07) is 10.7. The molecule has 17 heavy (non-hydrogen) atoms. The molecule has 2 rings (SSSR count). The van der Waals surface area contributed by atoms with Gasteiger partial charge in [0.15, 0.2) is 0 Å². The van der Waals surface area contributed by atoms with E-state index in [1.54, 1.807) is 0 Å². The van der Waals surface area contributed by atoms with Crippen molar-refractivity contribution in [2.75, 3.05) is 0 Å². The first-order chi connectivity index (χ1) is 8.15. The van der Waals surface area contributed by atoms with Crippen molar-refractivity contribution >= 4 is 27.3 Å². The number of hydrogen-bond donors (Lipinski definition) is 1. The lowest BCUT2D eigenvalue weighted by Gasteiger charge is -2.04. The molecule has 0 amide bonds. The predicted octanol–water partition coefficient (Wildman–Crippen LogP) is 4.42. The molecule has 0 radical (unpaired) electrons. The van der Waals surface area contributed by atoms with Gasteiger partial charge >= 0.3 is 0 Å². The highest BCUT2D eigenvalue weighted by Gasteiger charge is 2.02. The summed E-state index contributed by atoms with van der Waals surface area (Å²) in [5.74, 6) is 0. The quantitative estimate of drug-likeness (QED) is 0.881. The third-order valence-corrected chi connectivity index (χ3v) is 4.24. The van der Waals surface area contributed by atoms with Crippen molar-refractivity contribution in [1.29, 1.82) is 0 Å². The van der Waals surface area contributed by atoms with Gasteiger partial charge in [-0.05, 0) is 43.2 Å². The molecule has 0 unspecified atom stereocenters. The van der Waals surface area contributed by atoms with Crippen LogP contribution in [0.15, 0.2) is 34.8 Å². The van der Waals surface area contributed by atoms with Crippen LogP contribution in [0.4, 0.5) is 0 Å². The lowest BCUT2D eigenvalue weighted by atomic mass is 10.2. The maximum atomic E-state index is 3.48. The Balaban J connectivity index is 1.87. The molecule has 1 aromatic carbocycles. The van der Waals surface area contributed by atoms with Crippen LogP contribution in [-0.2, 0) is 13.1 Å². The van der Waals surface area contributed by atoms with Gasteiger partial charge in [0.05, 0.1) is 0 Å². The van der Waals surface area contributed by atoms with Crippen molar-refractivity contribution in [1.82, 2.24) is 5.32 Å². The Morgan fingerprint density at radius 1 is 1.12 bits per heavy atom. The second-order valence-corrected chi connectivity index (χ2v) is 6.54. The van der Waals surface area contributed by atoms with Gasteiger partial charge in [-0.3, -0.25) is 0 Å². The molecule has 1 aromatic heterocycles. The molecule has 1 nitrogen and oxygen atoms in total. The molecule has 1 heterocycles. The summed E-state index contributed by atoms with van der Waals surface area (Å²) in [4.78, 5) is 2.81. The molecular weight excluding hydrogens is 294 g/mol. The Kier molecular flexibility index (Phi) is 4.37. The fourth-order valence-electron chi connectivity index (χ4n) is 1.80. The van der Waals surface area contributed by atoms with E-state index in [9.17, 15) is 0 Å². The van der Waals surface area contributed by atoms with Crippen molar-refractivity contribution in [3.05, 3.63) is 55.7 Å². The van der Waals surface area contributed by atoms with Crippen molar-refractivity contribution in [3.8, 4) is 0 Å². The zero-order valence-electron chi connectivity index (χ0n) is 10.1. The van der Waals surface area contributed by atoms with E-state index < -0.39 is 0 Å². The van der Waals surface area contributed by atoms with E-state index in [-0.39, 0.29) is 0 Å². The topological polar surface area (TPSA) is 12.0 Å². The molecule has 0 saturated carbocycles. The number of benzene rings is 1. The Bertz CT molecular complexity index is 487. The molecule has 0 aliphatic carbocycles. The Morgan fingerprint density at radius 3 is 2.41 bits per heavy atom. The largest absolute Gasteiger partial charge is 0.309 e. The molecule has 0 aliphatic rings. The van der Waals surface area contributed by atoms with E-state index in [1.807, 2.05) is 11.3 Å². The fourth-order valence-corrected chi connectivity index (χ4v) is 3.01. The third kappa shape index (κ3) is 3.66. The van der Waals surface area contributed by atoms with Crippen LogP contribution in [0.2, 0.25) is 0 Å². The smallest absolute Gasteiger partial charge is 0.0219 e. The SMILES string of the molecule is Cc1cc(CNCc2ccc(Br)cc2)c(C)s1. The molecule has 0 saturated heterocycles. The van der Waals surface area contributed by atoms with Gasteiger partial charge in [0.25, 0.3) is 0 Å². The number of rotatable bonds is 4. The molecule has 1 N–H and O–H groups in total. The van der Waals surface area contributed by atoms with Crippen molar-refractivity contribution < 1.29 is 0 Å². The summed E-state index contributed by atoms with van der Waals surface area (Å²) in [5.41, 5.74) is 2.74. The van der Waals surface area contributed by atoms with Crippen LogP contribution in [0, 0.1) is 13.8 Å². The summed E-state index contributed by atoms with van der Waals surface area (Å²) < 4.78 is 1.13. The van der Waals surface area contributed by atoms with Gasteiger partial charge in [-0.1, -0.05) is 28.1 Å². The van der Waals surface area contributed by atoms with Crippen molar-refractivity contribution in [2.45, 2.75) is 26.9 Å².